The molecule has 0 spiro atoms. The monoisotopic (exact) mass is 321 g/mol. The summed E-state index contributed by atoms with van der Waals surface area (Å²) >= 11 is 1.79. The first-order valence-electron chi connectivity index (χ1n) is 7.18. The van der Waals surface area contributed by atoms with Gasteiger partial charge in [0.25, 0.3) is 0 Å². The van der Waals surface area contributed by atoms with Gasteiger partial charge in [0.2, 0.25) is 11.9 Å². The lowest BCUT2D eigenvalue weighted by molar-refractivity contribution is -0.167. The first kappa shape index (κ1) is 16.6. The fourth-order valence-electron chi connectivity index (χ4n) is 2.27. The van der Waals surface area contributed by atoms with Crippen molar-refractivity contribution in [3.8, 4) is 0 Å². The van der Waals surface area contributed by atoms with E-state index in [0.717, 1.165) is 11.3 Å². The Labute approximate surface area is 135 Å². The predicted octanol–water partition coefficient (Wildman–Crippen LogP) is 2.22. The number of aliphatic imine (C=N–C) groups is 2. The molecule has 1 aromatic carbocycles. The number of thioether (sulfide) groups is 1. The molecule has 0 fully saturated rings. The minimum atomic E-state index is -0.683. The summed E-state index contributed by atoms with van der Waals surface area (Å²) in [6, 6.07) is 6.35. The molecular formula is C15H23N5OS. The molecule has 0 saturated heterocycles. The molecule has 0 aliphatic carbocycles. The second kappa shape index (κ2) is 6.58. The Bertz CT molecular complexity index is 612. The van der Waals surface area contributed by atoms with Crippen molar-refractivity contribution in [2.24, 2.45) is 21.5 Å². The van der Waals surface area contributed by atoms with Crippen LogP contribution in [0.5, 0.6) is 0 Å². The van der Waals surface area contributed by atoms with Gasteiger partial charge < -0.3 is 11.5 Å². The molecule has 0 aromatic heterocycles. The van der Waals surface area contributed by atoms with Gasteiger partial charge >= 0.3 is 0 Å². The lowest BCUT2D eigenvalue weighted by Crippen LogP contribution is -2.53. The summed E-state index contributed by atoms with van der Waals surface area (Å²) in [6.07, 6.45) is 0. The minimum Gasteiger partial charge on any atom is -0.368 e. The van der Waals surface area contributed by atoms with E-state index < -0.39 is 5.66 Å². The van der Waals surface area contributed by atoms with Crippen LogP contribution in [0, 0.1) is 6.92 Å². The van der Waals surface area contributed by atoms with Gasteiger partial charge in [-0.2, -0.15) is 10.1 Å². The SMILES string of the molecule is CCSc1ccc(C)cc1CON1C(N)=NC(N)=NC1(C)C. The maximum Gasteiger partial charge on any atom is 0.226 e. The van der Waals surface area contributed by atoms with Gasteiger partial charge in [-0.1, -0.05) is 24.6 Å². The molecule has 120 valence electrons. The molecule has 0 radical (unpaired) electrons. The molecule has 0 unspecified atom stereocenters. The second-order valence-electron chi connectivity index (χ2n) is 5.55. The van der Waals surface area contributed by atoms with Crippen LogP contribution in [0.1, 0.15) is 31.9 Å². The van der Waals surface area contributed by atoms with Crippen LogP contribution in [-0.4, -0.2) is 28.4 Å². The van der Waals surface area contributed by atoms with E-state index in [4.69, 9.17) is 16.3 Å². The second-order valence-corrected chi connectivity index (χ2v) is 6.85. The van der Waals surface area contributed by atoms with Crippen LogP contribution in [0.15, 0.2) is 33.1 Å². The summed E-state index contributed by atoms with van der Waals surface area (Å²) < 4.78 is 0. The fraction of sp³-hybridized carbons (Fsp3) is 0.467. The Hall–Kier alpha value is -1.73. The van der Waals surface area contributed by atoms with Gasteiger partial charge in [0.05, 0.1) is 0 Å². The van der Waals surface area contributed by atoms with Crippen LogP contribution < -0.4 is 11.5 Å². The third-order valence-corrected chi connectivity index (χ3v) is 4.19. The Morgan fingerprint density at radius 2 is 2.05 bits per heavy atom. The average Bonchev–Trinajstić information content (AvgIpc) is 2.39. The highest BCUT2D eigenvalue weighted by atomic mass is 32.2. The number of nitrogens with two attached hydrogens (primary N) is 2. The van der Waals surface area contributed by atoms with Gasteiger partial charge in [-0.25, -0.2) is 4.99 Å². The molecule has 1 aromatic rings. The summed E-state index contributed by atoms with van der Waals surface area (Å²) in [7, 11) is 0. The van der Waals surface area contributed by atoms with E-state index in [9.17, 15) is 0 Å². The molecule has 22 heavy (non-hydrogen) atoms. The molecule has 0 amide bonds. The molecule has 0 bridgehead atoms. The Morgan fingerprint density at radius 3 is 2.68 bits per heavy atom. The maximum absolute atomic E-state index is 5.92. The van der Waals surface area contributed by atoms with Gasteiger partial charge in [-0.05, 0) is 38.2 Å². The van der Waals surface area contributed by atoms with Crippen molar-refractivity contribution in [2.45, 2.75) is 44.9 Å². The highest BCUT2D eigenvalue weighted by Crippen LogP contribution is 2.26. The molecule has 0 atom stereocenters. The number of guanidine groups is 2. The smallest absolute Gasteiger partial charge is 0.226 e. The number of hydrogen-bond donors (Lipinski definition) is 2. The molecule has 0 saturated carbocycles. The van der Waals surface area contributed by atoms with Crippen LogP contribution in [0.4, 0.5) is 0 Å². The van der Waals surface area contributed by atoms with Crippen molar-refractivity contribution in [3.63, 3.8) is 0 Å². The van der Waals surface area contributed by atoms with E-state index in [-0.39, 0.29) is 11.9 Å². The van der Waals surface area contributed by atoms with Gasteiger partial charge in [-0.15, -0.1) is 11.8 Å². The van der Waals surface area contributed by atoms with Crippen LogP contribution in [-0.2, 0) is 11.4 Å². The Morgan fingerprint density at radius 1 is 1.32 bits per heavy atom. The normalized spacial score (nSPS) is 17.2. The number of hydroxylamine groups is 2. The third kappa shape index (κ3) is 3.72. The zero-order valence-corrected chi connectivity index (χ0v) is 14.3. The topological polar surface area (TPSA) is 89.2 Å². The van der Waals surface area contributed by atoms with Crippen molar-refractivity contribution in [3.05, 3.63) is 29.3 Å². The average molecular weight is 321 g/mol. The summed E-state index contributed by atoms with van der Waals surface area (Å²) in [6.45, 7) is 8.35. The largest absolute Gasteiger partial charge is 0.368 e. The van der Waals surface area contributed by atoms with E-state index in [2.05, 4.69) is 42.0 Å². The maximum atomic E-state index is 5.92. The summed E-state index contributed by atoms with van der Waals surface area (Å²) in [5.41, 5.74) is 13.2. The quantitative estimate of drug-likeness (QED) is 0.812. The molecule has 1 aliphatic rings. The first-order valence-corrected chi connectivity index (χ1v) is 8.17. The molecule has 7 heteroatoms. The van der Waals surface area contributed by atoms with Crippen molar-refractivity contribution in [1.29, 1.82) is 0 Å². The number of aryl methyl sites for hydroxylation is 1. The number of rotatable bonds is 5. The van der Waals surface area contributed by atoms with E-state index in [1.807, 2.05) is 13.8 Å². The molecular weight excluding hydrogens is 298 g/mol. The van der Waals surface area contributed by atoms with Gasteiger partial charge in [0.1, 0.15) is 6.61 Å². The van der Waals surface area contributed by atoms with Crippen LogP contribution in [0.3, 0.4) is 0 Å². The highest BCUT2D eigenvalue weighted by molar-refractivity contribution is 7.99. The summed E-state index contributed by atoms with van der Waals surface area (Å²) in [5, 5.41) is 1.51. The highest BCUT2D eigenvalue weighted by Gasteiger charge is 2.33. The number of nitrogens with zero attached hydrogens (tertiary/aromatic N) is 3. The fourth-order valence-corrected chi connectivity index (χ4v) is 3.05. The lowest BCUT2D eigenvalue weighted by Gasteiger charge is -2.36. The standard InChI is InChI=1S/C15H23N5OS/c1-5-22-12-7-6-10(2)8-11(12)9-21-20-14(17)18-13(16)19-15(20,3)4/h6-8H,5,9H2,1-4H3,(H4,16,17,18,19). The summed E-state index contributed by atoms with van der Waals surface area (Å²) in [5.74, 6) is 1.39. The van der Waals surface area contributed by atoms with Crippen LogP contribution >= 0.6 is 11.8 Å². The van der Waals surface area contributed by atoms with Crippen LogP contribution in [0.2, 0.25) is 0 Å². The van der Waals surface area contributed by atoms with E-state index in [0.29, 0.717) is 6.61 Å². The first-order chi connectivity index (χ1) is 10.3. The zero-order valence-electron chi connectivity index (χ0n) is 13.5. The van der Waals surface area contributed by atoms with Gasteiger partial charge in [0, 0.05) is 4.90 Å². The number of benzene rings is 1. The Kier molecular flexibility index (Phi) is 4.97. The van der Waals surface area contributed by atoms with E-state index >= 15 is 0 Å². The van der Waals surface area contributed by atoms with E-state index in [1.54, 1.807) is 11.8 Å². The zero-order chi connectivity index (χ0) is 16.3. The molecule has 4 N–H and O–H groups in total. The van der Waals surface area contributed by atoms with Gasteiger partial charge in [0.15, 0.2) is 5.66 Å². The van der Waals surface area contributed by atoms with Crippen molar-refractivity contribution in [1.82, 2.24) is 5.06 Å². The van der Waals surface area contributed by atoms with Crippen LogP contribution in [0.25, 0.3) is 0 Å². The van der Waals surface area contributed by atoms with Crippen molar-refractivity contribution < 1.29 is 4.84 Å². The van der Waals surface area contributed by atoms with E-state index in [1.165, 1.54) is 15.5 Å². The van der Waals surface area contributed by atoms with Crippen molar-refractivity contribution >= 4 is 23.7 Å². The lowest BCUT2D eigenvalue weighted by atomic mass is 10.1. The third-order valence-electron chi connectivity index (χ3n) is 3.19. The summed E-state index contributed by atoms with van der Waals surface area (Å²) in [4.78, 5) is 15.3. The predicted molar refractivity (Wildman–Crippen MR) is 91.5 cm³/mol. The molecule has 2 rings (SSSR count). The molecule has 1 aliphatic heterocycles. The minimum absolute atomic E-state index is 0.167. The van der Waals surface area contributed by atoms with Crippen molar-refractivity contribution in [2.75, 3.05) is 5.75 Å². The molecule has 1 heterocycles. The Balaban J connectivity index is 2.16. The number of hydrogen-bond acceptors (Lipinski definition) is 7. The van der Waals surface area contributed by atoms with Gasteiger partial charge in [-0.3, -0.25) is 4.84 Å². The molecule has 6 nitrogen and oxygen atoms in total.